The molecule has 0 radical (unpaired) electrons. The van der Waals surface area contributed by atoms with Crippen molar-refractivity contribution in [1.29, 1.82) is 0 Å². The summed E-state index contributed by atoms with van der Waals surface area (Å²) in [5.74, 6) is 0. The van der Waals surface area contributed by atoms with Crippen molar-refractivity contribution >= 4 is 107 Å². The van der Waals surface area contributed by atoms with Crippen molar-refractivity contribution in [3.05, 3.63) is 170 Å². The molecule has 12 aromatic rings. The van der Waals surface area contributed by atoms with Crippen LogP contribution in [-0.2, 0) is 0 Å². The van der Waals surface area contributed by atoms with E-state index in [0.29, 0.717) is 0 Å². The molecule has 0 saturated carbocycles. The number of benzene rings is 9. The van der Waals surface area contributed by atoms with Crippen LogP contribution in [-0.4, -0.2) is 9.55 Å². The van der Waals surface area contributed by atoms with Gasteiger partial charge in [0.2, 0.25) is 0 Å². The van der Waals surface area contributed by atoms with Gasteiger partial charge in [-0.3, -0.25) is 0 Å². The second-order valence-corrected chi connectivity index (χ2v) is 16.0. The molecule has 0 aliphatic rings. The zero-order valence-corrected chi connectivity index (χ0v) is 30.0. The number of para-hydroxylation sites is 1. The third-order valence-electron chi connectivity index (χ3n) is 11.0. The van der Waals surface area contributed by atoms with Crippen molar-refractivity contribution in [3.8, 4) is 27.4 Å². The molecule has 0 amide bonds. The summed E-state index contributed by atoms with van der Waals surface area (Å²) in [7, 11) is 0. The Morgan fingerprint density at radius 3 is 1.91 bits per heavy atom. The van der Waals surface area contributed by atoms with E-state index in [2.05, 4.69) is 174 Å². The molecule has 53 heavy (non-hydrogen) atoms. The first-order chi connectivity index (χ1) is 26.2. The highest BCUT2D eigenvalue weighted by molar-refractivity contribution is 7.26. The van der Waals surface area contributed by atoms with Crippen LogP contribution in [0.1, 0.15) is 0 Å². The number of rotatable bonds is 3. The van der Waals surface area contributed by atoms with Gasteiger partial charge in [-0.25, -0.2) is 4.98 Å². The molecule has 4 heteroatoms. The summed E-state index contributed by atoms with van der Waals surface area (Å²) >= 11 is 3.63. The second-order valence-electron chi connectivity index (χ2n) is 13.9. The fraction of sp³-hybridized carbons (Fsp3) is 0. The lowest BCUT2D eigenvalue weighted by Gasteiger charge is -2.11. The SMILES string of the molecule is c1ccc2cc3c(cc2c1)c1ccccc1n3-c1ccc(-c2nc3c(ccc4sc5ccc(-c6cc7ccccc7c7ccccc67)cc5c43)s2)cc1. The van der Waals surface area contributed by atoms with E-state index < -0.39 is 0 Å². The zero-order chi connectivity index (χ0) is 34.6. The normalized spacial score (nSPS) is 12.2. The lowest BCUT2D eigenvalue weighted by molar-refractivity contribution is 1.18. The smallest absolute Gasteiger partial charge is 0.124 e. The third-order valence-corrected chi connectivity index (χ3v) is 13.2. The molecular formula is C49H28N2S2. The summed E-state index contributed by atoms with van der Waals surface area (Å²) in [6.07, 6.45) is 0. The monoisotopic (exact) mass is 708 g/mol. The molecule has 0 aliphatic carbocycles. The van der Waals surface area contributed by atoms with Gasteiger partial charge in [-0.1, -0.05) is 97.1 Å². The maximum Gasteiger partial charge on any atom is 0.124 e. The molecule has 0 unspecified atom stereocenters. The van der Waals surface area contributed by atoms with Crippen LogP contribution >= 0.6 is 22.7 Å². The minimum atomic E-state index is 1.04. The first kappa shape index (κ1) is 29.3. The van der Waals surface area contributed by atoms with Crippen LogP contribution in [0.15, 0.2) is 170 Å². The van der Waals surface area contributed by atoms with E-state index in [4.69, 9.17) is 4.98 Å². The number of thiazole rings is 1. The van der Waals surface area contributed by atoms with Gasteiger partial charge >= 0.3 is 0 Å². The molecule has 0 atom stereocenters. The minimum absolute atomic E-state index is 1.04. The first-order valence-corrected chi connectivity index (χ1v) is 19.6. The molecule has 0 N–H and O–H groups in total. The van der Waals surface area contributed by atoms with Gasteiger partial charge in [0, 0.05) is 42.2 Å². The Bertz CT molecular complexity index is 3450. The number of hydrogen-bond donors (Lipinski definition) is 0. The Labute approximate surface area is 312 Å². The van der Waals surface area contributed by atoms with Gasteiger partial charge in [-0.15, -0.1) is 22.7 Å². The summed E-state index contributed by atoms with van der Waals surface area (Å²) in [5, 5.41) is 13.8. The lowest BCUT2D eigenvalue weighted by Crippen LogP contribution is -1.93. The zero-order valence-electron chi connectivity index (χ0n) is 28.4. The van der Waals surface area contributed by atoms with Crippen LogP contribution in [0.5, 0.6) is 0 Å². The van der Waals surface area contributed by atoms with Crippen molar-refractivity contribution in [1.82, 2.24) is 9.55 Å². The van der Waals surface area contributed by atoms with E-state index in [9.17, 15) is 0 Å². The van der Waals surface area contributed by atoms with Gasteiger partial charge in [0.05, 0.1) is 21.3 Å². The summed E-state index contributed by atoms with van der Waals surface area (Å²) in [6.45, 7) is 0. The van der Waals surface area contributed by atoms with Crippen LogP contribution in [0.25, 0.3) is 112 Å². The second kappa shape index (κ2) is 11.1. The molecule has 0 fully saturated rings. The third kappa shape index (κ3) is 4.34. The van der Waals surface area contributed by atoms with Gasteiger partial charge in [0.15, 0.2) is 0 Å². The quantitative estimate of drug-likeness (QED) is 0.167. The molecule has 246 valence electrons. The summed E-state index contributed by atoms with van der Waals surface area (Å²) in [5.41, 5.74) is 8.32. The highest BCUT2D eigenvalue weighted by atomic mass is 32.1. The molecule has 3 aromatic heterocycles. The first-order valence-electron chi connectivity index (χ1n) is 17.9. The number of thiophene rings is 1. The number of hydrogen-bond acceptors (Lipinski definition) is 3. The Morgan fingerprint density at radius 2 is 1.06 bits per heavy atom. The largest absolute Gasteiger partial charge is 0.309 e. The Kier molecular flexibility index (Phi) is 6.12. The Hall–Kier alpha value is -6.33. The van der Waals surface area contributed by atoms with Gasteiger partial charge in [0.1, 0.15) is 5.01 Å². The van der Waals surface area contributed by atoms with Crippen molar-refractivity contribution in [3.63, 3.8) is 0 Å². The van der Waals surface area contributed by atoms with Gasteiger partial charge < -0.3 is 4.57 Å². The maximum atomic E-state index is 5.37. The predicted molar refractivity (Wildman–Crippen MR) is 230 cm³/mol. The van der Waals surface area contributed by atoms with Crippen molar-refractivity contribution in [2.24, 2.45) is 0 Å². The van der Waals surface area contributed by atoms with Gasteiger partial charge in [0.25, 0.3) is 0 Å². The maximum absolute atomic E-state index is 5.37. The molecule has 12 rings (SSSR count). The summed E-state index contributed by atoms with van der Waals surface area (Å²) in [6, 6.07) is 62.4. The Balaban J connectivity index is 0.994. The van der Waals surface area contributed by atoms with Gasteiger partial charge in [-0.2, -0.15) is 0 Å². The summed E-state index contributed by atoms with van der Waals surface area (Å²) < 4.78 is 6.18. The van der Waals surface area contributed by atoms with Crippen molar-refractivity contribution in [2.45, 2.75) is 0 Å². The van der Waals surface area contributed by atoms with E-state index in [-0.39, 0.29) is 0 Å². The molecule has 0 aliphatic heterocycles. The topological polar surface area (TPSA) is 17.8 Å². The summed E-state index contributed by atoms with van der Waals surface area (Å²) in [4.78, 5) is 5.37. The van der Waals surface area contributed by atoms with Crippen LogP contribution in [0.2, 0.25) is 0 Å². The molecule has 9 aromatic carbocycles. The highest BCUT2D eigenvalue weighted by Crippen LogP contribution is 2.44. The van der Waals surface area contributed by atoms with Gasteiger partial charge in [-0.05, 0) is 116 Å². The molecular weight excluding hydrogens is 681 g/mol. The van der Waals surface area contributed by atoms with Crippen molar-refractivity contribution < 1.29 is 0 Å². The predicted octanol–water partition coefficient (Wildman–Crippen LogP) is 14.6. The molecule has 3 heterocycles. The molecule has 0 spiro atoms. The highest BCUT2D eigenvalue weighted by Gasteiger charge is 2.17. The average molecular weight is 709 g/mol. The van der Waals surface area contributed by atoms with Crippen LogP contribution in [0.4, 0.5) is 0 Å². The average Bonchev–Trinajstić information content (AvgIpc) is 3.91. The number of aromatic nitrogens is 2. The fourth-order valence-corrected chi connectivity index (χ4v) is 10.6. The van der Waals surface area contributed by atoms with E-state index >= 15 is 0 Å². The molecule has 0 bridgehead atoms. The number of nitrogens with zero attached hydrogens (tertiary/aromatic N) is 2. The van der Waals surface area contributed by atoms with E-state index in [1.165, 1.54) is 90.1 Å². The van der Waals surface area contributed by atoms with Crippen LogP contribution in [0.3, 0.4) is 0 Å². The van der Waals surface area contributed by atoms with Crippen LogP contribution in [0, 0.1) is 0 Å². The molecule has 0 saturated heterocycles. The molecule has 2 nitrogen and oxygen atoms in total. The van der Waals surface area contributed by atoms with Crippen molar-refractivity contribution in [2.75, 3.05) is 0 Å². The van der Waals surface area contributed by atoms with Crippen LogP contribution < -0.4 is 0 Å². The Morgan fingerprint density at radius 1 is 0.396 bits per heavy atom. The number of fused-ring (bicyclic) bond motifs is 12. The lowest BCUT2D eigenvalue weighted by atomic mass is 9.93. The minimum Gasteiger partial charge on any atom is -0.309 e. The fourth-order valence-electron chi connectivity index (χ4n) is 8.52. The van der Waals surface area contributed by atoms with E-state index in [1.54, 1.807) is 11.3 Å². The van der Waals surface area contributed by atoms with E-state index in [1.807, 2.05) is 11.3 Å². The standard InChI is InChI=1S/C49H28N2S2/c1-2-10-31-28-43-40(25-30(31)9-1)38-15-7-8-16-42(38)51(43)34-20-17-29(18-21-34)49-50-48-46(53-49)24-23-45-47(48)41-27-33(19-22-44(41)52-45)39-26-32-11-3-4-12-35(32)36-13-5-6-14-37(36)39/h1-28H. The van der Waals surface area contributed by atoms with E-state index in [0.717, 1.165) is 21.8 Å².